The van der Waals surface area contributed by atoms with Crippen LogP contribution < -0.4 is 0 Å². The summed E-state index contributed by atoms with van der Waals surface area (Å²) in [6, 6.07) is 0. The number of allylic oxidation sites excluding steroid dienone is 2. The largest absolute Gasteiger partial charge is 0.0919 e. The third-order valence-corrected chi connectivity index (χ3v) is 0.333. The van der Waals surface area contributed by atoms with Crippen molar-refractivity contribution in [1.29, 1.82) is 0 Å². The molecule has 0 rings (SSSR count). The summed E-state index contributed by atoms with van der Waals surface area (Å²) in [6.07, 6.45) is 5.25. The zero-order chi connectivity index (χ0) is 6.12. The molecular formula is C7H16. The van der Waals surface area contributed by atoms with Crippen molar-refractivity contribution in [3.05, 3.63) is 12.2 Å². The number of rotatable bonds is 0. The highest BCUT2D eigenvalue weighted by molar-refractivity contribution is 4.68. The summed E-state index contributed by atoms with van der Waals surface area (Å²) >= 11 is 0. The normalized spacial score (nSPS) is 8.00. The van der Waals surface area contributed by atoms with Gasteiger partial charge in [-0.2, -0.15) is 0 Å². The first-order valence-corrected chi connectivity index (χ1v) is 2.90. The van der Waals surface area contributed by atoms with Crippen LogP contribution in [0.1, 0.15) is 34.1 Å². The SMILES string of the molecule is C/C=C/C.CCC. The molecule has 7 heavy (non-hydrogen) atoms. The minimum Gasteiger partial charge on any atom is -0.0919 e. The van der Waals surface area contributed by atoms with Crippen molar-refractivity contribution in [3.63, 3.8) is 0 Å². The van der Waals surface area contributed by atoms with Gasteiger partial charge in [-0.3, -0.25) is 0 Å². The Balaban J connectivity index is 0. The number of hydrogen-bond acceptors (Lipinski definition) is 0. The first-order valence-electron chi connectivity index (χ1n) is 2.90. The van der Waals surface area contributed by atoms with Gasteiger partial charge in [0.1, 0.15) is 0 Å². The summed E-state index contributed by atoms with van der Waals surface area (Å²) in [5.41, 5.74) is 0. The van der Waals surface area contributed by atoms with Crippen molar-refractivity contribution in [2.75, 3.05) is 0 Å². The van der Waals surface area contributed by atoms with E-state index in [-0.39, 0.29) is 0 Å². The Morgan fingerprint density at radius 1 is 1.00 bits per heavy atom. The predicted molar refractivity (Wildman–Crippen MR) is 36.5 cm³/mol. The van der Waals surface area contributed by atoms with Crippen LogP contribution in [-0.2, 0) is 0 Å². The molecule has 0 amide bonds. The summed E-state index contributed by atoms with van der Waals surface area (Å²) < 4.78 is 0. The van der Waals surface area contributed by atoms with Crippen LogP contribution in [0, 0.1) is 0 Å². The third kappa shape index (κ3) is 147. The molecule has 0 aliphatic rings. The Kier molecular flexibility index (Phi) is 24.3. The van der Waals surface area contributed by atoms with Crippen molar-refractivity contribution in [3.8, 4) is 0 Å². The van der Waals surface area contributed by atoms with Crippen molar-refractivity contribution >= 4 is 0 Å². The lowest BCUT2D eigenvalue weighted by molar-refractivity contribution is 1.09. The van der Waals surface area contributed by atoms with Crippen molar-refractivity contribution in [2.45, 2.75) is 34.1 Å². The summed E-state index contributed by atoms with van der Waals surface area (Å²) in [5.74, 6) is 0. The van der Waals surface area contributed by atoms with Crippen LogP contribution >= 0.6 is 0 Å². The average Bonchev–Trinajstić information content (AvgIpc) is 1.69. The lowest BCUT2D eigenvalue weighted by Gasteiger charge is -1.49. The average molecular weight is 100 g/mol. The Labute approximate surface area is 47.2 Å². The summed E-state index contributed by atoms with van der Waals surface area (Å²) in [4.78, 5) is 0. The molecule has 0 saturated heterocycles. The lowest BCUT2D eigenvalue weighted by Crippen LogP contribution is -1.27. The smallest absolute Gasteiger partial charge is 0.0470 e. The second-order valence-electron chi connectivity index (χ2n) is 1.37. The fourth-order valence-corrected chi connectivity index (χ4v) is 0. The van der Waals surface area contributed by atoms with Gasteiger partial charge < -0.3 is 0 Å². The van der Waals surface area contributed by atoms with E-state index in [1.54, 1.807) is 0 Å². The van der Waals surface area contributed by atoms with E-state index in [4.69, 9.17) is 0 Å². The maximum absolute atomic E-state index is 2.12. The minimum atomic E-state index is 1.25. The molecule has 44 valence electrons. The zero-order valence-electron chi connectivity index (χ0n) is 5.86. The molecule has 0 N–H and O–H groups in total. The van der Waals surface area contributed by atoms with Crippen LogP contribution in [0.4, 0.5) is 0 Å². The monoisotopic (exact) mass is 100 g/mol. The van der Waals surface area contributed by atoms with Crippen LogP contribution in [0.3, 0.4) is 0 Å². The topological polar surface area (TPSA) is 0 Å². The van der Waals surface area contributed by atoms with Gasteiger partial charge >= 0.3 is 0 Å². The summed E-state index contributed by atoms with van der Waals surface area (Å²) in [7, 11) is 0. The Morgan fingerprint density at radius 2 is 1.14 bits per heavy atom. The van der Waals surface area contributed by atoms with Crippen molar-refractivity contribution in [1.82, 2.24) is 0 Å². The van der Waals surface area contributed by atoms with E-state index < -0.39 is 0 Å². The van der Waals surface area contributed by atoms with Gasteiger partial charge in [0.25, 0.3) is 0 Å². The van der Waals surface area contributed by atoms with Crippen LogP contribution in [0.5, 0.6) is 0 Å². The molecular weight excluding hydrogens is 84.1 g/mol. The molecule has 0 aromatic rings. The minimum absolute atomic E-state index is 1.25. The molecule has 0 unspecified atom stereocenters. The number of hydrogen-bond donors (Lipinski definition) is 0. The molecule has 0 atom stereocenters. The van der Waals surface area contributed by atoms with Crippen molar-refractivity contribution in [2.24, 2.45) is 0 Å². The molecule has 0 heterocycles. The standard InChI is InChI=1S/C4H8.C3H8/c1-3-4-2;1-3-2/h3-4H,1-2H3;3H2,1-2H3/b4-3+;. The van der Waals surface area contributed by atoms with Crippen LogP contribution in [0.2, 0.25) is 0 Å². The van der Waals surface area contributed by atoms with E-state index in [0.717, 1.165) is 0 Å². The van der Waals surface area contributed by atoms with Gasteiger partial charge in [-0.15, -0.1) is 0 Å². The molecule has 0 radical (unpaired) electrons. The van der Waals surface area contributed by atoms with Gasteiger partial charge in [-0.1, -0.05) is 32.4 Å². The van der Waals surface area contributed by atoms with Gasteiger partial charge in [-0.05, 0) is 13.8 Å². The van der Waals surface area contributed by atoms with Crippen molar-refractivity contribution < 1.29 is 0 Å². The Hall–Kier alpha value is -0.260. The molecule has 0 heteroatoms. The molecule has 0 bridgehead atoms. The molecule has 0 aromatic carbocycles. The highest BCUT2D eigenvalue weighted by Crippen LogP contribution is 1.57. The van der Waals surface area contributed by atoms with Gasteiger partial charge in [0, 0.05) is 0 Å². The van der Waals surface area contributed by atoms with E-state index in [1.807, 2.05) is 26.0 Å². The van der Waals surface area contributed by atoms with Gasteiger partial charge in [0.15, 0.2) is 0 Å². The lowest BCUT2D eigenvalue weighted by atomic mass is 10.6. The van der Waals surface area contributed by atoms with E-state index in [0.29, 0.717) is 0 Å². The first kappa shape index (κ1) is 9.88. The Bertz CT molecular complexity index is 23.0. The quantitative estimate of drug-likeness (QED) is 0.410. The molecule has 0 aromatic heterocycles. The predicted octanol–water partition coefficient (Wildman–Crippen LogP) is 3.00. The van der Waals surface area contributed by atoms with E-state index in [9.17, 15) is 0 Å². The maximum Gasteiger partial charge on any atom is -0.0470 e. The zero-order valence-corrected chi connectivity index (χ0v) is 5.86. The highest BCUT2D eigenvalue weighted by atomic mass is 13.4. The molecule has 0 aliphatic heterocycles. The summed E-state index contributed by atoms with van der Waals surface area (Å²) in [6.45, 7) is 8.25. The molecule has 0 nitrogen and oxygen atoms in total. The van der Waals surface area contributed by atoms with Gasteiger partial charge in [0.05, 0.1) is 0 Å². The summed E-state index contributed by atoms with van der Waals surface area (Å²) in [5, 5.41) is 0. The molecule has 0 saturated carbocycles. The highest BCUT2D eigenvalue weighted by Gasteiger charge is 1.35. The van der Waals surface area contributed by atoms with E-state index in [2.05, 4.69) is 13.8 Å². The molecule has 0 aliphatic carbocycles. The van der Waals surface area contributed by atoms with Crippen LogP contribution in [0.15, 0.2) is 12.2 Å². The first-order chi connectivity index (χ1) is 3.33. The fourth-order valence-electron chi connectivity index (χ4n) is 0. The second kappa shape index (κ2) is 17.2. The Morgan fingerprint density at radius 3 is 1.14 bits per heavy atom. The van der Waals surface area contributed by atoms with E-state index in [1.165, 1.54) is 6.42 Å². The fraction of sp³-hybridized carbons (Fsp3) is 0.714. The van der Waals surface area contributed by atoms with Crippen LogP contribution in [-0.4, -0.2) is 0 Å². The maximum atomic E-state index is 2.12. The third-order valence-electron chi connectivity index (χ3n) is 0.333. The van der Waals surface area contributed by atoms with Gasteiger partial charge in [-0.25, -0.2) is 0 Å². The van der Waals surface area contributed by atoms with Gasteiger partial charge in [0.2, 0.25) is 0 Å². The second-order valence-corrected chi connectivity index (χ2v) is 1.37. The molecule has 0 spiro atoms. The van der Waals surface area contributed by atoms with E-state index >= 15 is 0 Å². The molecule has 0 fully saturated rings. The van der Waals surface area contributed by atoms with Crippen LogP contribution in [0.25, 0.3) is 0 Å².